The maximum Gasteiger partial charge on any atom is 0.338 e. The zero-order chi connectivity index (χ0) is 19.7. The number of carboxylic acid groups (broad SMARTS) is 1. The highest BCUT2D eigenvalue weighted by molar-refractivity contribution is 7.14. The number of fused-ring (bicyclic) bond motifs is 1. The second-order valence-corrected chi connectivity index (χ2v) is 6.88. The van der Waals surface area contributed by atoms with Crippen LogP contribution in [0.25, 0.3) is 22.0 Å². The SMILES string of the molecule is O=C(O)c1cc([N+](=O)[O-])ccc1Nc1nc(-c2ccc3ccccc3c2)cs1. The molecule has 0 spiro atoms. The predicted octanol–water partition coefficient (Wildman–Crippen LogP) is 5.31. The summed E-state index contributed by atoms with van der Waals surface area (Å²) in [6.45, 7) is 0. The molecule has 0 aliphatic carbocycles. The van der Waals surface area contributed by atoms with Crippen LogP contribution in [0.2, 0.25) is 0 Å². The molecule has 1 aromatic heterocycles. The smallest absolute Gasteiger partial charge is 0.338 e. The average molecular weight is 391 g/mol. The zero-order valence-electron chi connectivity index (χ0n) is 14.3. The second kappa shape index (κ2) is 7.09. The summed E-state index contributed by atoms with van der Waals surface area (Å²) in [5.74, 6) is -1.25. The van der Waals surface area contributed by atoms with Gasteiger partial charge < -0.3 is 10.4 Å². The van der Waals surface area contributed by atoms with Crippen molar-refractivity contribution < 1.29 is 14.8 Å². The summed E-state index contributed by atoms with van der Waals surface area (Å²) in [4.78, 5) is 26.2. The molecular weight excluding hydrogens is 378 g/mol. The van der Waals surface area contributed by atoms with Crippen LogP contribution in [0.3, 0.4) is 0 Å². The number of carbonyl (C=O) groups is 1. The minimum absolute atomic E-state index is 0.184. The third-order valence-electron chi connectivity index (χ3n) is 4.24. The standard InChI is InChI=1S/C20H13N3O4S/c24-19(25)16-10-15(23(26)27)7-8-17(16)21-20-22-18(11-28-20)14-6-5-12-3-1-2-4-13(12)9-14/h1-11H,(H,21,22)(H,24,25). The van der Waals surface area contributed by atoms with Gasteiger partial charge in [-0.2, -0.15) is 0 Å². The van der Waals surface area contributed by atoms with E-state index in [0.29, 0.717) is 5.13 Å². The van der Waals surface area contributed by atoms with E-state index in [2.05, 4.69) is 10.3 Å². The molecule has 0 aliphatic rings. The van der Waals surface area contributed by atoms with Crippen LogP contribution < -0.4 is 5.32 Å². The Labute approximate surface area is 163 Å². The van der Waals surface area contributed by atoms with E-state index in [1.54, 1.807) is 0 Å². The van der Waals surface area contributed by atoms with E-state index in [9.17, 15) is 20.0 Å². The number of nitrogens with one attached hydrogen (secondary N) is 1. The first-order valence-electron chi connectivity index (χ1n) is 8.25. The van der Waals surface area contributed by atoms with Crippen LogP contribution in [0, 0.1) is 10.1 Å². The molecule has 3 aromatic carbocycles. The largest absolute Gasteiger partial charge is 0.478 e. The van der Waals surface area contributed by atoms with Gasteiger partial charge in [0.2, 0.25) is 0 Å². The molecule has 0 bridgehead atoms. The zero-order valence-corrected chi connectivity index (χ0v) is 15.1. The molecule has 0 atom stereocenters. The van der Waals surface area contributed by atoms with Crippen molar-refractivity contribution in [2.45, 2.75) is 0 Å². The lowest BCUT2D eigenvalue weighted by Crippen LogP contribution is -2.03. The van der Waals surface area contributed by atoms with E-state index in [-0.39, 0.29) is 16.9 Å². The van der Waals surface area contributed by atoms with Crippen LogP contribution in [-0.2, 0) is 0 Å². The van der Waals surface area contributed by atoms with E-state index in [4.69, 9.17) is 0 Å². The van der Waals surface area contributed by atoms with Gasteiger partial charge in [-0.05, 0) is 22.9 Å². The van der Waals surface area contributed by atoms with Gasteiger partial charge in [0, 0.05) is 23.1 Å². The summed E-state index contributed by atoms with van der Waals surface area (Å²) >= 11 is 1.33. The molecule has 138 valence electrons. The van der Waals surface area contributed by atoms with Crippen molar-refractivity contribution in [2.24, 2.45) is 0 Å². The van der Waals surface area contributed by atoms with Crippen LogP contribution in [-0.4, -0.2) is 21.0 Å². The molecule has 0 radical (unpaired) electrons. The van der Waals surface area contributed by atoms with Gasteiger partial charge in [-0.1, -0.05) is 36.4 Å². The van der Waals surface area contributed by atoms with Crippen molar-refractivity contribution >= 4 is 44.6 Å². The number of thiazole rings is 1. The Hall–Kier alpha value is -3.78. The number of nitrogens with zero attached hydrogens (tertiary/aromatic N) is 2. The van der Waals surface area contributed by atoms with Gasteiger partial charge in [-0.3, -0.25) is 10.1 Å². The third-order valence-corrected chi connectivity index (χ3v) is 4.99. The molecule has 0 saturated carbocycles. The first-order valence-corrected chi connectivity index (χ1v) is 9.13. The van der Waals surface area contributed by atoms with E-state index in [1.165, 1.54) is 23.5 Å². The van der Waals surface area contributed by atoms with Gasteiger partial charge in [0.1, 0.15) is 0 Å². The summed E-state index contributed by atoms with van der Waals surface area (Å²) < 4.78 is 0. The number of anilines is 2. The fourth-order valence-electron chi connectivity index (χ4n) is 2.86. The van der Waals surface area contributed by atoms with Crippen LogP contribution in [0.15, 0.2) is 66.0 Å². The van der Waals surface area contributed by atoms with Crippen LogP contribution in [0.1, 0.15) is 10.4 Å². The highest BCUT2D eigenvalue weighted by atomic mass is 32.1. The van der Waals surface area contributed by atoms with Gasteiger partial charge in [-0.15, -0.1) is 11.3 Å². The Morgan fingerprint density at radius 1 is 1.07 bits per heavy atom. The maximum absolute atomic E-state index is 11.5. The summed E-state index contributed by atoms with van der Waals surface area (Å²) in [5, 5.41) is 27.8. The predicted molar refractivity (Wildman–Crippen MR) is 108 cm³/mol. The molecule has 0 fully saturated rings. The number of hydrogen-bond acceptors (Lipinski definition) is 6. The maximum atomic E-state index is 11.5. The number of nitro benzene ring substituents is 1. The normalized spacial score (nSPS) is 10.7. The number of non-ortho nitro benzene ring substituents is 1. The van der Waals surface area contributed by atoms with Crippen LogP contribution in [0.4, 0.5) is 16.5 Å². The van der Waals surface area contributed by atoms with Gasteiger partial charge in [-0.25, -0.2) is 9.78 Å². The lowest BCUT2D eigenvalue weighted by Gasteiger charge is -2.06. The number of rotatable bonds is 5. The highest BCUT2D eigenvalue weighted by Crippen LogP contribution is 2.31. The molecule has 0 amide bonds. The Morgan fingerprint density at radius 3 is 2.61 bits per heavy atom. The summed E-state index contributed by atoms with van der Waals surface area (Å²) in [6.07, 6.45) is 0. The number of carboxylic acids is 1. The molecule has 8 heteroatoms. The van der Waals surface area contributed by atoms with E-state index >= 15 is 0 Å². The van der Waals surface area contributed by atoms with Crippen molar-refractivity contribution in [2.75, 3.05) is 5.32 Å². The lowest BCUT2D eigenvalue weighted by atomic mass is 10.1. The Balaban J connectivity index is 1.64. The molecule has 4 rings (SSSR count). The quantitative estimate of drug-likeness (QED) is 0.353. The van der Waals surface area contributed by atoms with Gasteiger partial charge in [0.25, 0.3) is 5.69 Å². The monoisotopic (exact) mass is 391 g/mol. The average Bonchev–Trinajstić information content (AvgIpc) is 3.16. The fourth-order valence-corrected chi connectivity index (χ4v) is 3.59. The Bertz CT molecular complexity index is 1220. The molecule has 4 aromatic rings. The van der Waals surface area contributed by atoms with Crippen LogP contribution in [0.5, 0.6) is 0 Å². The second-order valence-electron chi connectivity index (χ2n) is 6.02. The molecule has 0 aliphatic heterocycles. The Kier molecular flexibility index (Phi) is 4.46. The summed E-state index contributed by atoms with van der Waals surface area (Å²) in [7, 11) is 0. The van der Waals surface area contributed by atoms with Crippen molar-refractivity contribution in [3.8, 4) is 11.3 Å². The van der Waals surface area contributed by atoms with Crippen molar-refractivity contribution in [1.29, 1.82) is 0 Å². The van der Waals surface area contributed by atoms with Gasteiger partial charge in [0.15, 0.2) is 5.13 Å². The highest BCUT2D eigenvalue weighted by Gasteiger charge is 2.17. The van der Waals surface area contributed by atoms with Gasteiger partial charge >= 0.3 is 5.97 Å². The molecular formula is C20H13N3O4S. The molecule has 7 nitrogen and oxygen atoms in total. The Morgan fingerprint density at radius 2 is 1.86 bits per heavy atom. The molecule has 0 saturated heterocycles. The van der Waals surface area contributed by atoms with Crippen LogP contribution >= 0.6 is 11.3 Å². The number of aromatic carboxylic acids is 1. The number of hydrogen-bond donors (Lipinski definition) is 2. The first kappa shape index (κ1) is 17.6. The fraction of sp³-hybridized carbons (Fsp3) is 0. The topological polar surface area (TPSA) is 105 Å². The molecule has 2 N–H and O–H groups in total. The van der Waals surface area contributed by atoms with E-state index in [0.717, 1.165) is 28.1 Å². The number of nitro groups is 1. The summed E-state index contributed by atoms with van der Waals surface area (Å²) in [6, 6.07) is 17.7. The number of benzene rings is 3. The van der Waals surface area contributed by atoms with Gasteiger partial charge in [0.05, 0.1) is 21.9 Å². The minimum Gasteiger partial charge on any atom is -0.478 e. The van der Waals surface area contributed by atoms with E-state index < -0.39 is 10.9 Å². The molecule has 28 heavy (non-hydrogen) atoms. The first-order chi connectivity index (χ1) is 13.5. The third kappa shape index (κ3) is 3.40. The van der Waals surface area contributed by atoms with Crippen molar-refractivity contribution in [3.05, 3.63) is 81.7 Å². The van der Waals surface area contributed by atoms with Crippen molar-refractivity contribution in [1.82, 2.24) is 4.98 Å². The lowest BCUT2D eigenvalue weighted by molar-refractivity contribution is -0.384. The minimum atomic E-state index is -1.25. The van der Waals surface area contributed by atoms with Crippen molar-refractivity contribution in [3.63, 3.8) is 0 Å². The summed E-state index contributed by atoms with van der Waals surface area (Å²) in [5.41, 5.74) is 1.50. The molecule has 0 unspecified atom stereocenters. The van der Waals surface area contributed by atoms with E-state index in [1.807, 2.05) is 47.8 Å². The molecule has 1 heterocycles. The number of aromatic nitrogens is 1.